The average molecular weight is 328 g/mol. The molecule has 7 heteroatoms. The zero-order chi connectivity index (χ0) is 12.6. The van der Waals surface area contributed by atoms with E-state index in [9.17, 15) is 13.2 Å². The normalized spacial score (nSPS) is 12.1. The van der Waals surface area contributed by atoms with Gasteiger partial charge in [0.1, 0.15) is 0 Å². The van der Waals surface area contributed by atoms with Crippen LogP contribution in [-0.2, 0) is 19.1 Å². The predicted octanol–water partition coefficient (Wildman–Crippen LogP) is 2.90. The van der Waals surface area contributed by atoms with Gasteiger partial charge in [-0.3, -0.25) is 0 Å². The Labute approximate surface area is 107 Å². The van der Waals surface area contributed by atoms with E-state index in [0.29, 0.717) is 11.7 Å². The summed E-state index contributed by atoms with van der Waals surface area (Å²) in [4.78, 5) is 3.64. The molecule has 17 heavy (non-hydrogen) atoms. The number of rotatable bonds is 2. The Morgan fingerprint density at radius 1 is 1.41 bits per heavy atom. The van der Waals surface area contributed by atoms with Crippen molar-refractivity contribution in [3.63, 3.8) is 0 Å². The molecule has 0 saturated carbocycles. The molecule has 0 aliphatic rings. The van der Waals surface area contributed by atoms with E-state index >= 15 is 0 Å². The first-order valence-corrected chi connectivity index (χ1v) is 6.92. The van der Waals surface area contributed by atoms with Gasteiger partial charge in [-0.1, -0.05) is 0 Å². The van der Waals surface area contributed by atoms with E-state index in [4.69, 9.17) is 11.6 Å². The van der Waals surface area contributed by atoms with Gasteiger partial charge in [-0.05, 0) is 0 Å². The summed E-state index contributed by atoms with van der Waals surface area (Å²) in [6.45, 7) is 0. The maximum atomic E-state index is 12.5. The van der Waals surface area contributed by atoms with Crippen LogP contribution in [0.15, 0.2) is 18.3 Å². The van der Waals surface area contributed by atoms with Crippen LogP contribution in [0.2, 0.25) is 0 Å². The minimum atomic E-state index is -4.40. The summed E-state index contributed by atoms with van der Waals surface area (Å²) in [6.07, 6.45) is -3.39. The third-order valence-corrected chi connectivity index (χ3v) is 5.10. The van der Waals surface area contributed by atoms with Gasteiger partial charge in [-0.2, -0.15) is 0 Å². The fourth-order valence-electron chi connectivity index (χ4n) is 1.40. The van der Waals surface area contributed by atoms with Gasteiger partial charge < -0.3 is 0 Å². The van der Waals surface area contributed by atoms with Crippen molar-refractivity contribution in [3.05, 3.63) is 28.5 Å². The predicted molar refractivity (Wildman–Crippen MR) is 60.1 cm³/mol. The van der Waals surface area contributed by atoms with Crippen LogP contribution < -0.4 is 0 Å². The Hall–Kier alpha value is -0.711. The van der Waals surface area contributed by atoms with Crippen LogP contribution in [0.4, 0.5) is 13.2 Å². The molecule has 0 fully saturated rings. The molecule has 0 radical (unpaired) electrons. The minimum absolute atomic E-state index is 0.0241. The van der Waals surface area contributed by atoms with Crippen molar-refractivity contribution < 1.29 is 13.2 Å². The molecule has 2 rings (SSSR count). The van der Waals surface area contributed by atoms with Gasteiger partial charge in [0.2, 0.25) is 0 Å². The fraction of sp³-hybridized carbons (Fsp3) is 0.300. The first-order valence-electron chi connectivity index (χ1n) is 4.67. The Kier molecular flexibility index (Phi) is 3.38. The van der Waals surface area contributed by atoms with Crippen molar-refractivity contribution in [2.75, 3.05) is 0 Å². The number of nitrogens with zero attached hydrogens (tertiary/aromatic N) is 2. The molecule has 2 aromatic heterocycles. The fourth-order valence-corrected chi connectivity index (χ4v) is 3.64. The maximum absolute atomic E-state index is 12.5. The van der Waals surface area contributed by atoms with Crippen molar-refractivity contribution in [1.82, 2.24) is 9.55 Å². The van der Waals surface area contributed by atoms with E-state index in [0.717, 1.165) is 15.1 Å². The zero-order valence-electron chi connectivity index (χ0n) is 8.75. The summed E-state index contributed by atoms with van der Waals surface area (Å²) in [5, 5.41) is 0. The van der Waals surface area contributed by atoms with E-state index < -0.39 is 11.9 Å². The third kappa shape index (κ3) is 2.59. The molecular weight excluding hydrogens is 320 g/mol. The van der Waals surface area contributed by atoms with Crippen LogP contribution >= 0.6 is 11.6 Å². The van der Waals surface area contributed by atoms with Gasteiger partial charge in [0.15, 0.2) is 0 Å². The Bertz CT molecular complexity index is 530. The number of alkyl halides is 4. The van der Waals surface area contributed by atoms with Gasteiger partial charge >= 0.3 is 107 Å². The van der Waals surface area contributed by atoms with Crippen molar-refractivity contribution in [1.29, 1.82) is 0 Å². The van der Waals surface area contributed by atoms with Crippen LogP contribution in [0, 0.1) is 0 Å². The molecule has 0 amide bonds. The molecule has 0 spiro atoms. The van der Waals surface area contributed by atoms with Crippen LogP contribution in [0.5, 0.6) is 0 Å². The summed E-state index contributed by atoms with van der Waals surface area (Å²) < 4.78 is 40.7. The SMILES string of the molecule is Cn1cc(C(F)(F)F)nc1-c1ccc(CCl)[se]1. The molecule has 0 aromatic carbocycles. The summed E-state index contributed by atoms with van der Waals surface area (Å²) in [5.74, 6) is 0.782. The average Bonchev–Trinajstić information content (AvgIpc) is 2.82. The summed E-state index contributed by atoms with van der Waals surface area (Å²) >= 11 is 5.66. The number of aryl methyl sites for hydroxylation is 1. The van der Waals surface area contributed by atoms with Crippen LogP contribution in [0.25, 0.3) is 10.3 Å². The second-order valence-electron chi connectivity index (χ2n) is 3.46. The second kappa shape index (κ2) is 4.52. The van der Waals surface area contributed by atoms with E-state index in [2.05, 4.69) is 4.98 Å². The van der Waals surface area contributed by atoms with E-state index in [1.54, 1.807) is 13.1 Å². The van der Waals surface area contributed by atoms with Crippen molar-refractivity contribution in [2.45, 2.75) is 12.1 Å². The monoisotopic (exact) mass is 328 g/mol. The number of hydrogen-bond acceptors (Lipinski definition) is 1. The van der Waals surface area contributed by atoms with Gasteiger partial charge in [0.05, 0.1) is 0 Å². The van der Waals surface area contributed by atoms with E-state index in [1.807, 2.05) is 6.07 Å². The molecule has 0 saturated heterocycles. The number of aromatic nitrogens is 2. The molecule has 2 aromatic rings. The molecule has 0 atom stereocenters. The summed E-state index contributed by atoms with van der Waals surface area (Å²) in [5.41, 5.74) is -0.856. The molecule has 0 aliphatic carbocycles. The van der Waals surface area contributed by atoms with Gasteiger partial charge in [0, 0.05) is 0 Å². The molecule has 2 nitrogen and oxygen atoms in total. The molecule has 0 aliphatic heterocycles. The van der Waals surface area contributed by atoms with Crippen LogP contribution in [0.3, 0.4) is 0 Å². The number of halogens is 4. The van der Waals surface area contributed by atoms with Crippen molar-refractivity contribution in [3.8, 4) is 10.3 Å². The molecule has 0 bridgehead atoms. The Balaban J connectivity index is 2.42. The second-order valence-corrected chi connectivity index (χ2v) is 6.18. The van der Waals surface area contributed by atoms with Crippen molar-refractivity contribution >= 4 is 26.1 Å². The Morgan fingerprint density at radius 2 is 2.12 bits per heavy atom. The Morgan fingerprint density at radius 3 is 2.59 bits per heavy atom. The molecule has 92 valence electrons. The molecular formula is C10H8ClF3N2Se. The molecule has 0 unspecified atom stereocenters. The summed E-state index contributed by atoms with van der Waals surface area (Å²) in [6, 6.07) is 3.64. The zero-order valence-corrected chi connectivity index (χ0v) is 11.2. The third-order valence-electron chi connectivity index (χ3n) is 2.18. The van der Waals surface area contributed by atoms with E-state index in [1.165, 1.54) is 4.57 Å². The molecule has 2 heterocycles. The summed E-state index contributed by atoms with van der Waals surface area (Å²) in [7, 11) is 1.56. The van der Waals surface area contributed by atoms with Gasteiger partial charge in [-0.25, -0.2) is 0 Å². The first kappa shape index (κ1) is 12.7. The van der Waals surface area contributed by atoms with Crippen molar-refractivity contribution in [2.24, 2.45) is 7.05 Å². The van der Waals surface area contributed by atoms with Crippen LogP contribution in [-0.4, -0.2) is 24.1 Å². The standard InChI is InChI=1S/C10H8ClF3N2Se/c1-16-5-8(10(12,13)14)15-9(16)7-3-2-6(4-11)17-7/h2-3,5H,4H2,1H3. The van der Waals surface area contributed by atoms with Gasteiger partial charge in [-0.15, -0.1) is 0 Å². The van der Waals surface area contributed by atoms with E-state index in [-0.39, 0.29) is 14.5 Å². The van der Waals surface area contributed by atoms with Gasteiger partial charge in [0.25, 0.3) is 0 Å². The number of hydrogen-bond donors (Lipinski definition) is 0. The number of imidazole rings is 1. The van der Waals surface area contributed by atoms with Crippen LogP contribution in [0.1, 0.15) is 10.1 Å². The first-order chi connectivity index (χ1) is 7.91. The quantitative estimate of drug-likeness (QED) is 0.612. The molecule has 0 N–H and O–H groups in total. The topological polar surface area (TPSA) is 17.8 Å².